The van der Waals surface area contributed by atoms with E-state index in [1.54, 1.807) is 25.2 Å². The molecular formula is C18H18Cl2F3N3O3. The molecule has 0 saturated carbocycles. The highest BCUT2D eigenvalue weighted by atomic mass is 35.5. The molecule has 0 aliphatic heterocycles. The summed E-state index contributed by atoms with van der Waals surface area (Å²) in [5, 5.41) is 3.05. The number of rotatable bonds is 9. The van der Waals surface area contributed by atoms with Crippen LogP contribution in [0.15, 0.2) is 36.4 Å². The lowest BCUT2D eigenvalue weighted by Gasteiger charge is -2.13. The monoisotopic (exact) mass is 451 g/mol. The van der Waals surface area contributed by atoms with Gasteiger partial charge in [0.15, 0.2) is 6.61 Å². The molecule has 29 heavy (non-hydrogen) atoms. The van der Waals surface area contributed by atoms with Gasteiger partial charge in [0, 0.05) is 6.54 Å². The number of hydrogen-bond donors (Lipinski definition) is 3. The van der Waals surface area contributed by atoms with Gasteiger partial charge in [0.1, 0.15) is 18.1 Å². The largest absolute Gasteiger partial charge is 0.491 e. The Morgan fingerprint density at radius 3 is 2.31 bits per heavy atom. The Morgan fingerprint density at radius 2 is 1.69 bits per heavy atom. The number of carbonyl (C=O) groups is 1. The molecule has 0 atom stereocenters. The molecule has 1 amide bonds. The highest BCUT2D eigenvalue weighted by molar-refractivity contribution is 6.32. The molecule has 0 radical (unpaired) electrons. The van der Waals surface area contributed by atoms with Crippen LogP contribution in [0, 0.1) is 0 Å². The van der Waals surface area contributed by atoms with Crippen LogP contribution in [0.4, 0.5) is 18.9 Å². The van der Waals surface area contributed by atoms with Crippen LogP contribution in [0.2, 0.25) is 10.0 Å². The molecule has 0 bridgehead atoms. The van der Waals surface area contributed by atoms with Gasteiger partial charge < -0.3 is 14.8 Å². The van der Waals surface area contributed by atoms with Gasteiger partial charge in [-0.2, -0.15) is 13.2 Å². The molecule has 0 fully saturated rings. The van der Waals surface area contributed by atoms with Gasteiger partial charge >= 0.3 is 6.18 Å². The van der Waals surface area contributed by atoms with E-state index in [0.29, 0.717) is 29.6 Å². The van der Waals surface area contributed by atoms with Crippen LogP contribution in [0.1, 0.15) is 5.56 Å². The van der Waals surface area contributed by atoms with E-state index in [9.17, 15) is 18.0 Å². The number of anilines is 1. The Hall–Kier alpha value is -2.36. The highest BCUT2D eigenvalue weighted by Crippen LogP contribution is 2.34. The smallest absolute Gasteiger partial charge is 0.416 e. The lowest BCUT2D eigenvalue weighted by atomic mass is 10.2. The van der Waals surface area contributed by atoms with Crippen molar-refractivity contribution in [2.45, 2.75) is 6.18 Å². The summed E-state index contributed by atoms with van der Waals surface area (Å²) < 4.78 is 48.5. The Balaban J connectivity index is 1.83. The summed E-state index contributed by atoms with van der Waals surface area (Å²) in [6.07, 6.45) is -4.52. The maximum Gasteiger partial charge on any atom is 0.416 e. The second kappa shape index (κ2) is 10.4. The van der Waals surface area contributed by atoms with Gasteiger partial charge in [-0.1, -0.05) is 23.2 Å². The van der Waals surface area contributed by atoms with Crippen molar-refractivity contribution < 1.29 is 27.4 Å². The van der Waals surface area contributed by atoms with Crippen molar-refractivity contribution in [1.29, 1.82) is 0 Å². The van der Waals surface area contributed by atoms with Crippen molar-refractivity contribution in [2.75, 3.05) is 32.2 Å². The zero-order chi connectivity index (χ0) is 21.4. The first-order valence-electron chi connectivity index (χ1n) is 8.32. The first kappa shape index (κ1) is 22.9. The average Bonchev–Trinajstić information content (AvgIpc) is 2.66. The van der Waals surface area contributed by atoms with Gasteiger partial charge in [-0.25, -0.2) is 0 Å². The number of amides is 1. The van der Waals surface area contributed by atoms with Gasteiger partial charge in [0.25, 0.3) is 5.91 Å². The number of nitrogens with one attached hydrogen (secondary N) is 3. The second-order valence-corrected chi connectivity index (χ2v) is 6.52. The fraction of sp³-hybridized carbons (Fsp3) is 0.278. The predicted molar refractivity (Wildman–Crippen MR) is 105 cm³/mol. The second-order valence-electron chi connectivity index (χ2n) is 5.70. The molecule has 3 N–H and O–H groups in total. The molecule has 0 heterocycles. The fourth-order valence-electron chi connectivity index (χ4n) is 2.07. The number of hydrogen-bond acceptors (Lipinski definition) is 5. The number of halogens is 5. The van der Waals surface area contributed by atoms with E-state index in [0.717, 1.165) is 18.2 Å². The van der Waals surface area contributed by atoms with Crippen LogP contribution in [0.5, 0.6) is 11.5 Å². The molecule has 2 aromatic rings. The number of likely N-dealkylation sites (N-methyl/N-ethyl adjacent to an activating group) is 1. The molecule has 0 spiro atoms. The summed E-state index contributed by atoms with van der Waals surface area (Å²) in [5.41, 5.74) is 4.61. The molecule has 2 rings (SSSR count). The van der Waals surface area contributed by atoms with E-state index < -0.39 is 24.3 Å². The number of alkyl halides is 3. The van der Waals surface area contributed by atoms with E-state index in [4.69, 9.17) is 32.7 Å². The summed E-state index contributed by atoms with van der Waals surface area (Å²) in [6.45, 7) is 0.649. The van der Waals surface area contributed by atoms with Crippen LogP contribution in [-0.2, 0) is 11.0 Å². The van der Waals surface area contributed by atoms with Crippen LogP contribution in [0.25, 0.3) is 0 Å². The van der Waals surface area contributed by atoms with Crippen molar-refractivity contribution in [1.82, 2.24) is 10.7 Å². The molecular weight excluding hydrogens is 434 g/mol. The van der Waals surface area contributed by atoms with Crippen LogP contribution < -0.4 is 25.6 Å². The minimum Gasteiger partial charge on any atom is -0.491 e. The third kappa shape index (κ3) is 7.19. The molecule has 0 aromatic heterocycles. The zero-order valence-electron chi connectivity index (χ0n) is 15.2. The summed E-state index contributed by atoms with van der Waals surface area (Å²) in [6, 6.07) is 7.46. The van der Waals surface area contributed by atoms with Gasteiger partial charge in [0.2, 0.25) is 0 Å². The first-order chi connectivity index (χ1) is 13.7. The number of ether oxygens (including phenoxy) is 2. The molecule has 0 saturated heterocycles. The maximum atomic E-state index is 12.6. The van der Waals surface area contributed by atoms with Crippen LogP contribution in [-0.4, -0.2) is 32.7 Å². The number of benzene rings is 2. The molecule has 0 aliphatic carbocycles. The Kier molecular flexibility index (Phi) is 8.24. The van der Waals surface area contributed by atoms with Crippen molar-refractivity contribution in [3.63, 3.8) is 0 Å². The summed E-state index contributed by atoms with van der Waals surface area (Å²) in [4.78, 5) is 11.9. The molecule has 6 nitrogen and oxygen atoms in total. The van der Waals surface area contributed by atoms with Crippen molar-refractivity contribution in [3.05, 3.63) is 52.0 Å². The normalized spacial score (nSPS) is 11.1. The van der Waals surface area contributed by atoms with Crippen molar-refractivity contribution in [3.8, 4) is 11.5 Å². The average molecular weight is 452 g/mol. The van der Waals surface area contributed by atoms with E-state index in [2.05, 4.69) is 16.2 Å². The fourth-order valence-corrected chi connectivity index (χ4v) is 2.54. The van der Waals surface area contributed by atoms with Crippen molar-refractivity contribution in [2.24, 2.45) is 0 Å². The number of hydrazine groups is 1. The third-order valence-corrected chi connectivity index (χ3v) is 4.10. The van der Waals surface area contributed by atoms with E-state index in [-0.39, 0.29) is 10.8 Å². The minimum atomic E-state index is -4.52. The van der Waals surface area contributed by atoms with Gasteiger partial charge in [-0.15, -0.1) is 0 Å². The lowest BCUT2D eigenvalue weighted by Crippen LogP contribution is -2.33. The topological polar surface area (TPSA) is 71.6 Å². The van der Waals surface area contributed by atoms with Gasteiger partial charge in [0.05, 0.1) is 21.3 Å². The van der Waals surface area contributed by atoms with Gasteiger partial charge in [-0.05, 0) is 43.4 Å². The SMILES string of the molecule is CNCCOc1ccc(NNC(=O)COc2ccc(C(F)(F)F)cc2Cl)cc1Cl. The standard InChI is InChI=1S/C18H18Cl2F3N3O3/c1-24-6-7-28-15-5-3-12(9-14(15)20)25-26-17(27)10-29-16-4-2-11(8-13(16)19)18(21,22)23/h2-5,8-9,24-25H,6-7,10H2,1H3,(H,26,27). The zero-order valence-corrected chi connectivity index (χ0v) is 16.7. The summed E-state index contributed by atoms with van der Waals surface area (Å²) in [5.74, 6) is -0.119. The Bertz CT molecular complexity index is 851. The lowest BCUT2D eigenvalue weighted by molar-refractivity contribution is -0.137. The summed E-state index contributed by atoms with van der Waals surface area (Å²) in [7, 11) is 1.80. The summed E-state index contributed by atoms with van der Waals surface area (Å²) >= 11 is 11.9. The van der Waals surface area contributed by atoms with Crippen LogP contribution >= 0.6 is 23.2 Å². The van der Waals surface area contributed by atoms with Crippen LogP contribution in [0.3, 0.4) is 0 Å². The Labute approximate surface area is 175 Å². The molecule has 0 aliphatic rings. The first-order valence-corrected chi connectivity index (χ1v) is 9.07. The molecule has 0 unspecified atom stereocenters. The van der Waals surface area contributed by atoms with Gasteiger partial charge in [-0.3, -0.25) is 15.6 Å². The van der Waals surface area contributed by atoms with E-state index in [1.165, 1.54) is 0 Å². The van der Waals surface area contributed by atoms with E-state index >= 15 is 0 Å². The highest BCUT2D eigenvalue weighted by Gasteiger charge is 2.31. The van der Waals surface area contributed by atoms with Crippen molar-refractivity contribution >= 4 is 34.8 Å². The minimum absolute atomic E-state index is 0.0408. The quantitative estimate of drug-likeness (QED) is 0.394. The maximum absolute atomic E-state index is 12.6. The third-order valence-electron chi connectivity index (χ3n) is 3.51. The molecule has 158 valence electrons. The molecule has 11 heteroatoms. The van der Waals surface area contributed by atoms with E-state index in [1.807, 2.05) is 0 Å². The predicted octanol–water partition coefficient (Wildman–Crippen LogP) is 4.13. The number of carbonyl (C=O) groups excluding carboxylic acids is 1. The Morgan fingerprint density at radius 1 is 1.03 bits per heavy atom. The molecule has 2 aromatic carbocycles.